The molecule has 0 spiro atoms. The zero-order valence-electron chi connectivity index (χ0n) is 16.3. The van der Waals surface area contributed by atoms with Crippen LogP contribution < -0.4 is 5.73 Å². The fraction of sp³-hybridized carbons (Fsp3) is 0.273. The highest BCUT2D eigenvalue weighted by Gasteiger charge is 2.42. The van der Waals surface area contributed by atoms with E-state index in [2.05, 4.69) is 12.1 Å². The Labute approximate surface area is 163 Å². The third kappa shape index (κ3) is 3.56. The highest BCUT2D eigenvalue weighted by atomic mass is 16.3. The third-order valence-electron chi connectivity index (χ3n) is 5.20. The van der Waals surface area contributed by atoms with Crippen molar-refractivity contribution < 1.29 is 23.6 Å². The molecule has 0 aliphatic heterocycles. The highest BCUT2D eigenvalue weighted by Crippen LogP contribution is 2.30. The Morgan fingerprint density at radius 1 is 1.11 bits per heavy atom. The van der Waals surface area contributed by atoms with Gasteiger partial charge in [0, 0.05) is 5.39 Å². The molecular formula is C22H25N2O4+. The largest absolute Gasteiger partial charge is 0.460 e. The lowest BCUT2D eigenvalue weighted by molar-refractivity contribution is -0.825. The molecule has 146 valence electrons. The standard InChI is InChI=1S/C22H24N2O4/c1-14-20(22(27)24(2,3)18(13-25)21(23)26)17-12-16(9-10-19(17)28-14)11-15-7-5-4-6-8-15/h4-10,12,18,25H,11,13H2,1-3H3,(H-,23,26)/p+1. The molecule has 3 rings (SSSR count). The number of amides is 2. The van der Waals surface area contributed by atoms with E-state index in [-0.39, 0.29) is 10.4 Å². The normalized spacial score (nSPS) is 12.9. The topological polar surface area (TPSA) is 93.5 Å². The van der Waals surface area contributed by atoms with Crippen molar-refractivity contribution in [1.82, 2.24) is 0 Å². The number of primary amides is 1. The number of carbonyl (C=O) groups is 2. The highest BCUT2D eigenvalue weighted by molar-refractivity contribution is 6.05. The molecule has 1 unspecified atom stereocenters. The zero-order chi connectivity index (χ0) is 20.5. The number of aryl methyl sites for hydroxylation is 1. The molecule has 3 aromatic rings. The third-order valence-corrected chi connectivity index (χ3v) is 5.20. The van der Waals surface area contributed by atoms with E-state index in [0.29, 0.717) is 22.3 Å². The number of benzene rings is 2. The van der Waals surface area contributed by atoms with Crippen molar-refractivity contribution in [2.75, 3.05) is 20.7 Å². The molecular weight excluding hydrogens is 356 g/mol. The van der Waals surface area contributed by atoms with E-state index in [1.807, 2.05) is 36.4 Å². The minimum atomic E-state index is -1.04. The van der Waals surface area contributed by atoms with Gasteiger partial charge in [0.15, 0.2) is 6.04 Å². The van der Waals surface area contributed by atoms with Gasteiger partial charge in [0.1, 0.15) is 23.5 Å². The van der Waals surface area contributed by atoms with Crippen LogP contribution in [0.15, 0.2) is 52.9 Å². The molecule has 2 aromatic carbocycles. The van der Waals surface area contributed by atoms with Gasteiger partial charge in [-0.25, -0.2) is 9.28 Å². The fourth-order valence-corrected chi connectivity index (χ4v) is 3.52. The Kier molecular flexibility index (Phi) is 5.36. The first-order valence-corrected chi connectivity index (χ1v) is 9.10. The molecule has 1 aromatic heterocycles. The van der Waals surface area contributed by atoms with Gasteiger partial charge in [-0.15, -0.1) is 0 Å². The van der Waals surface area contributed by atoms with Crippen molar-refractivity contribution in [2.45, 2.75) is 19.4 Å². The maximum Gasteiger partial charge on any atom is 0.350 e. The number of hydrogen-bond donors (Lipinski definition) is 2. The molecule has 1 atom stereocenters. The number of aliphatic hydroxyl groups excluding tert-OH is 1. The number of aliphatic hydroxyl groups is 1. The molecule has 6 heteroatoms. The molecule has 0 aliphatic rings. The molecule has 1 heterocycles. The lowest BCUT2D eigenvalue weighted by Crippen LogP contribution is -2.60. The van der Waals surface area contributed by atoms with Crippen molar-refractivity contribution in [3.05, 3.63) is 71.0 Å². The van der Waals surface area contributed by atoms with Gasteiger partial charge in [-0.05, 0) is 36.6 Å². The lowest BCUT2D eigenvalue weighted by Gasteiger charge is -2.32. The number of nitrogens with zero attached hydrogens (tertiary/aromatic N) is 1. The summed E-state index contributed by atoms with van der Waals surface area (Å²) >= 11 is 0. The molecule has 28 heavy (non-hydrogen) atoms. The molecule has 0 aliphatic carbocycles. The van der Waals surface area contributed by atoms with Gasteiger partial charge >= 0.3 is 5.91 Å². The Bertz CT molecular complexity index is 1020. The van der Waals surface area contributed by atoms with Gasteiger partial charge in [0.2, 0.25) is 0 Å². The molecule has 0 radical (unpaired) electrons. The van der Waals surface area contributed by atoms with Crippen LogP contribution in [0.1, 0.15) is 27.2 Å². The van der Waals surface area contributed by atoms with Gasteiger partial charge in [-0.1, -0.05) is 36.4 Å². The number of hydrogen-bond acceptors (Lipinski definition) is 4. The average molecular weight is 381 g/mol. The van der Waals surface area contributed by atoms with E-state index in [1.165, 1.54) is 5.56 Å². The number of furan rings is 1. The first-order chi connectivity index (χ1) is 13.3. The number of rotatable bonds is 6. The lowest BCUT2D eigenvalue weighted by atomic mass is 10.0. The Morgan fingerprint density at radius 2 is 1.79 bits per heavy atom. The molecule has 2 amide bonds. The van der Waals surface area contributed by atoms with Crippen LogP contribution in [0, 0.1) is 6.92 Å². The minimum absolute atomic E-state index is 0.328. The maximum absolute atomic E-state index is 13.3. The van der Waals surface area contributed by atoms with Crippen molar-refractivity contribution in [3.63, 3.8) is 0 Å². The van der Waals surface area contributed by atoms with Crippen molar-refractivity contribution in [3.8, 4) is 0 Å². The SMILES string of the molecule is Cc1oc2ccc(Cc3ccccc3)cc2c1C(=O)[N+](C)(C)C(CO)C(N)=O. The van der Waals surface area contributed by atoms with Crippen LogP contribution in [0.3, 0.4) is 0 Å². The van der Waals surface area contributed by atoms with Gasteiger partial charge in [0.05, 0.1) is 14.1 Å². The van der Waals surface area contributed by atoms with Gasteiger partial charge in [-0.2, -0.15) is 0 Å². The number of likely N-dealkylation sites (N-methyl/N-ethyl adjacent to an activating group) is 1. The fourth-order valence-electron chi connectivity index (χ4n) is 3.52. The van der Waals surface area contributed by atoms with E-state index < -0.39 is 18.6 Å². The van der Waals surface area contributed by atoms with Crippen LogP contribution >= 0.6 is 0 Å². The second kappa shape index (κ2) is 7.58. The summed E-state index contributed by atoms with van der Waals surface area (Å²) < 4.78 is 5.40. The quantitative estimate of drug-likeness (QED) is 0.641. The summed E-state index contributed by atoms with van der Waals surface area (Å²) in [5, 5.41) is 10.3. The van der Waals surface area contributed by atoms with Crippen LogP contribution in [0.5, 0.6) is 0 Å². The van der Waals surface area contributed by atoms with Crippen LogP contribution in [0.4, 0.5) is 0 Å². The predicted molar refractivity (Wildman–Crippen MR) is 107 cm³/mol. The Hall–Kier alpha value is -2.96. The first kappa shape index (κ1) is 19.8. The second-order valence-electron chi connectivity index (χ2n) is 7.47. The first-order valence-electron chi connectivity index (χ1n) is 9.10. The van der Waals surface area contributed by atoms with Crippen LogP contribution in [0.2, 0.25) is 0 Å². The van der Waals surface area contributed by atoms with Gasteiger partial charge in [0.25, 0.3) is 5.91 Å². The van der Waals surface area contributed by atoms with E-state index in [4.69, 9.17) is 10.2 Å². The molecule has 0 bridgehead atoms. The summed E-state index contributed by atoms with van der Waals surface area (Å²) in [7, 11) is 3.14. The molecule has 0 saturated heterocycles. The Balaban J connectivity index is 2.05. The maximum atomic E-state index is 13.3. The summed E-state index contributed by atoms with van der Waals surface area (Å²) in [4.78, 5) is 25.1. The molecule has 3 N–H and O–H groups in total. The smallest absolute Gasteiger partial charge is 0.350 e. The van der Waals surface area contributed by atoms with Gasteiger partial charge < -0.3 is 15.3 Å². The minimum Gasteiger partial charge on any atom is -0.460 e. The summed E-state index contributed by atoms with van der Waals surface area (Å²) in [6.07, 6.45) is 0.730. The monoisotopic (exact) mass is 381 g/mol. The average Bonchev–Trinajstić information content (AvgIpc) is 2.97. The summed E-state index contributed by atoms with van der Waals surface area (Å²) in [5.41, 5.74) is 8.63. The van der Waals surface area contributed by atoms with Crippen molar-refractivity contribution in [1.29, 1.82) is 0 Å². The summed E-state index contributed by atoms with van der Waals surface area (Å²) in [6, 6.07) is 14.8. The van der Waals surface area contributed by atoms with Crippen molar-refractivity contribution >= 4 is 22.8 Å². The number of carbonyl (C=O) groups excluding carboxylic acids is 2. The van der Waals surface area contributed by atoms with E-state index in [9.17, 15) is 14.7 Å². The van der Waals surface area contributed by atoms with Crippen LogP contribution in [-0.2, 0) is 11.2 Å². The number of quaternary nitrogens is 1. The molecule has 0 saturated carbocycles. The van der Waals surface area contributed by atoms with E-state index in [0.717, 1.165) is 12.0 Å². The number of fused-ring (bicyclic) bond motifs is 1. The Morgan fingerprint density at radius 3 is 2.39 bits per heavy atom. The van der Waals surface area contributed by atoms with Crippen LogP contribution in [-0.4, -0.2) is 48.1 Å². The molecule has 0 fully saturated rings. The van der Waals surface area contributed by atoms with E-state index >= 15 is 0 Å². The number of nitrogens with two attached hydrogens (primary N) is 1. The zero-order valence-corrected chi connectivity index (χ0v) is 16.3. The van der Waals surface area contributed by atoms with Crippen LogP contribution in [0.25, 0.3) is 11.0 Å². The second-order valence-corrected chi connectivity index (χ2v) is 7.47. The van der Waals surface area contributed by atoms with Crippen molar-refractivity contribution in [2.24, 2.45) is 5.73 Å². The molecule has 6 nitrogen and oxygen atoms in total. The summed E-state index contributed by atoms with van der Waals surface area (Å²) in [5.74, 6) is -0.578. The predicted octanol–water partition coefficient (Wildman–Crippen LogP) is 2.39. The van der Waals surface area contributed by atoms with Gasteiger partial charge in [-0.3, -0.25) is 4.79 Å². The summed E-state index contributed by atoms with van der Waals surface area (Å²) in [6.45, 7) is 1.21. The van der Waals surface area contributed by atoms with E-state index in [1.54, 1.807) is 21.0 Å².